The Balaban J connectivity index is 2.07. The summed E-state index contributed by atoms with van der Waals surface area (Å²) in [6.45, 7) is 0.0260. The predicted octanol–water partition coefficient (Wildman–Crippen LogP) is 3.05. The number of benzene rings is 1. The number of ether oxygens (including phenoxy) is 1. The third-order valence-corrected chi connectivity index (χ3v) is 2.71. The Morgan fingerprint density at radius 1 is 1.25 bits per heavy atom. The summed E-state index contributed by atoms with van der Waals surface area (Å²) in [4.78, 5) is 0. The van der Waals surface area contributed by atoms with Gasteiger partial charge in [0, 0.05) is 29.7 Å². The zero-order chi connectivity index (χ0) is 11.5. The molecule has 0 saturated carbocycles. The van der Waals surface area contributed by atoms with E-state index in [1.54, 1.807) is 0 Å². The molecule has 0 aliphatic heterocycles. The van der Waals surface area contributed by atoms with Crippen LogP contribution in [0.5, 0.6) is 5.75 Å². The highest BCUT2D eigenvalue weighted by Gasteiger charge is 2.07. The second-order valence-electron chi connectivity index (χ2n) is 2.89. The lowest BCUT2D eigenvalue weighted by Crippen LogP contribution is -1.97. The highest BCUT2D eigenvalue weighted by molar-refractivity contribution is 7.10. The van der Waals surface area contributed by atoms with Gasteiger partial charge < -0.3 is 4.74 Å². The summed E-state index contributed by atoms with van der Waals surface area (Å²) in [5, 5.41) is 3.70. The molecule has 0 unspecified atom stereocenters. The molecule has 0 aliphatic carbocycles. The van der Waals surface area contributed by atoms with Gasteiger partial charge in [0.2, 0.25) is 0 Å². The van der Waals surface area contributed by atoms with E-state index in [2.05, 4.69) is 9.59 Å². The summed E-state index contributed by atoms with van der Waals surface area (Å²) >= 11 is 6.76. The number of nitrogens with zero attached hydrogens (tertiary/aromatic N) is 2. The third kappa shape index (κ3) is 2.65. The molecule has 0 saturated heterocycles. The van der Waals surface area contributed by atoms with Crippen molar-refractivity contribution in [1.82, 2.24) is 9.59 Å². The number of halogens is 3. The molecule has 0 atom stereocenters. The molecule has 0 spiro atoms. The zero-order valence-electron chi connectivity index (χ0n) is 7.78. The lowest BCUT2D eigenvalue weighted by Gasteiger charge is -2.04. The molecule has 1 aromatic heterocycles. The van der Waals surface area contributed by atoms with E-state index in [1.165, 1.54) is 0 Å². The summed E-state index contributed by atoms with van der Waals surface area (Å²) in [6, 6.07) is 2.93. The molecule has 0 aliphatic rings. The monoisotopic (exact) mass is 262 g/mol. The maximum Gasteiger partial charge on any atom is 0.141 e. The largest absolute Gasteiger partial charge is 0.487 e. The number of hydrogen-bond acceptors (Lipinski definition) is 4. The van der Waals surface area contributed by atoms with Crippen LogP contribution in [0, 0.1) is 11.6 Å². The molecule has 1 heterocycles. The molecule has 0 fully saturated rings. The van der Waals surface area contributed by atoms with E-state index in [4.69, 9.17) is 16.3 Å². The maximum atomic E-state index is 12.8. The molecule has 7 heteroatoms. The maximum absolute atomic E-state index is 12.8. The topological polar surface area (TPSA) is 35.0 Å². The van der Waals surface area contributed by atoms with Crippen molar-refractivity contribution in [3.05, 3.63) is 39.9 Å². The molecule has 1 aromatic carbocycles. The van der Waals surface area contributed by atoms with E-state index >= 15 is 0 Å². The lowest BCUT2D eigenvalue weighted by molar-refractivity contribution is 0.298. The van der Waals surface area contributed by atoms with Crippen LogP contribution < -0.4 is 4.74 Å². The minimum Gasteiger partial charge on any atom is -0.487 e. The first kappa shape index (κ1) is 11.2. The van der Waals surface area contributed by atoms with Gasteiger partial charge >= 0.3 is 0 Å². The Morgan fingerprint density at radius 2 is 1.94 bits per heavy atom. The first-order valence-electron chi connectivity index (χ1n) is 4.21. The molecule has 84 valence electrons. The second kappa shape index (κ2) is 4.71. The van der Waals surface area contributed by atoms with Crippen LogP contribution in [-0.2, 0) is 6.61 Å². The van der Waals surface area contributed by atoms with Gasteiger partial charge in [-0.05, 0) is 0 Å². The molecule has 16 heavy (non-hydrogen) atoms. The van der Waals surface area contributed by atoms with E-state index in [1.807, 2.05) is 0 Å². The van der Waals surface area contributed by atoms with Gasteiger partial charge in [0.1, 0.15) is 34.0 Å². The van der Waals surface area contributed by atoms with Gasteiger partial charge in [-0.2, -0.15) is 0 Å². The highest BCUT2D eigenvalue weighted by Crippen LogP contribution is 2.20. The normalized spacial score (nSPS) is 10.4. The Morgan fingerprint density at radius 3 is 2.50 bits per heavy atom. The first-order valence-corrected chi connectivity index (χ1v) is 5.36. The molecular formula is C9H5ClF2N2OS. The minimum atomic E-state index is -0.697. The van der Waals surface area contributed by atoms with Gasteiger partial charge in [-0.25, -0.2) is 8.78 Å². The van der Waals surface area contributed by atoms with Gasteiger partial charge in [0.05, 0.1) is 0 Å². The lowest BCUT2D eigenvalue weighted by atomic mass is 10.3. The van der Waals surface area contributed by atoms with Crippen molar-refractivity contribution in [3.8, 4) is 5.75 Å². The molecule has 3 nitrogen and oxygen atoms in total. The number of rotatable bonds is 3. The van der Waals surface area contributed by atoms with Crippen LogP contribution in [0.1, 0.15) is 5.69 Å². The van der Waals surface area contributed by atoms with Crippen molar-refractivity contribution in [2.75, 3.05) is 0 Å². The number of aromatic nitrogens is 2. The van der Waals surface area contributed by atoms with Crippen molar-refractivity contribution >= 4 is 23.1 Å². The van der Waals surface area contributed by atoms with Gasteiger partial charge in [-0.15, -0.1) is 5.10 Å². The van der Waals surface area contributed by atoms with Crippen LogP contribution in [0.25, 0.3) is 0 Å². The molecule has 0 N–H and O–H groups in total. The van der Waals surface area contributed by atoms with Gasteiger partial charge in [-0.3, -0.25) is 0 Å². The van der Waals surface area contributed by atoms with Crippen molar-refractivity contribution in [2.45, 2.75) is 6.61 Å². The fourth-order valence-corrected chi connectivity index (χ4v) is 1.65. The molecule has 2 aromatic rings. The fourth-order valence-electron chi connectivity index (χ4n) is 1.05. The van der Waals surface area contributed by atoms with Crippen molar-refractivity contribution in [2.24, 2.45) is 0 Å². The standard InChI is InChI=1S/C9H5ClF2N2OS/c10-9-8(13-14-16-9)4-15-7-2-5(11)1-6(12)3-7/h1-3H,4H2. The third-order valence-electron chi connectivity index (χ3n) is 1.72. The van der Waals surface area contributed by atoms with Gasteiger partial charge in [0.15, 0.2) is 0 Å². The van der Waals surface area contributed by atoms with E-state index in [-0.39, 0.29) is 12.4 Å². The van der Waals surface area contributed by atoms with E-state index < -0.39 is 11.6 Å². The van der Waals surface area contributed by atoms with Crippen LogP contribution >= 0.6 is 23.1 Å². The fraction of sp³-hybridized carbons (Fsp3) is 0.111. The highest BCUT2D eigenvalue weighted by atomic mass is 35.5. The second-order valence-corrected chi connectivity index (χ2v) is 4.24. The molecule has 0 radical (unpaired) electrons. The summed E-state index contributed by atoms with van der Waals surface area (Å²) in [7, 11) is 0. The average molecular weight is 263 g/mol. The van der Waals surface area contributed by atoms with Crippen molar-refractivity contribution in [1.29, 1.82) is 0 Å². The minimum absolute atomic E-state index is 0.0260. The van der Waals surface area contributed by atoms with Crippen LogP contribution in [0.3, 0.4) is 0 Å². The molecular weight excluding hydrogens is 258 g/mol. The van der Waals surface area contributed by atoms with Gasteiger partial charge in [0.25, 0.3) is 0 Å². The van der Waals surface area contributed by atoms with Crippen LogP contribution in [0.4, 0.5) is 8.78 Å². The Bertz CT molecular complexity index is 486. The zero-order valence-corrected chi connectivity index (χ0v) is 9.36. The van der Waals surface area contributed by atoms with Gasteiger partial charge in [-0.1, -0.05) is 16.1 Å². The Labute approximate surface area is 98.8 Å². The van der Waals surface area contributed by atoms with Crippen LogP contribution in [0.15, 0.2) is 18.2 Å². The summed E-state index contributed by atoms with van der Waals surface area (Å²) in [6.07, 6.45) is 0. The number of hydrogen-bond donors (Lipinski definition) is 0. The molecule has 2 rings (SSSR count). The van der Waals surface area contributed by atoms with Crippen LogP contribution in [-0.4, -0.2) is 9.59 Å². The van der Waals surface area contributed by atoms with E-state index in [0.29, 0.717) is 10.0 Å². The van der Waals surface area contributed by atoms with Crippen molar-refractivity contribution in [3.63, 3.8) is 0 Å². The van der Waals surface area contributed by atoms with Crippen molar-refractivity contribution < 1.29 is 13.5 Å². The van der Waals surface area contributed by atoms with E-state index in [9.17, 15) is 8.78 Å². The predicted molar refractivity (Wildman–Crippen MR) is 55.6 cm³/mol. The Kier molecular flexibility index (Phi) is 3.31. The summed E-state index contributed by atoms with van der Waals surface area (Å²) in [5.74, 6) is -1.31. The smallest absolute Gasteiger partial charge is 0.141 e. The summed E-state index contributed by atoms with van der Waals surface area (Å²) < 4.78 is 34.7. The quantitative estimate of drug-likeness (QED) is 0.853. The average Bonchev–Trinajstić information content (AvgIpc) is 2.59. The SMILES string of the molecule is Fc1cc(F)cc(OCc2nnsc2Cl)c1. The Hall–Kier alpha value is -1.27. The summed E-state index contributed by atoms with van der Waals surface area (Å²) in [5.41, 5.74) is 0.441. The molecule has 0 amide bonds. The first-order chi connectivity index (χ1) is 7.65. The molecule has 0 bridgehead atoms. The van der Waals surface area contributed by atoms with Crippen LogP contribution in [0.2, 0.25) is 4.34 Å². The van der Waals surface area contributed by atoms with E-state index in [0.717, 1.165) is 29.7 Å².